The Kier molecular flexibility index (Phi) is 7.35. The lowest BCUT2D eigenvalue weighted by Gasteiger charge is -2.38. The molecule has 0 saturated heterocycles. The third kappa shape index (κ3) is 6.16. The van der Waals surface area contributed by atoms with Crippen LogP contribution in [-0.4, -0.2) is 43.2 Å². The minimum absolute atomic E-state index is 0.0806. The molecular weight excluding hydrogens is 270 g/mol. The number of carbonyl (C=O) groups excluding carboxylic acids is 1. The molecule has 5 nitrogen and oxygen atoms in total. The van der Waals surface area contributed by atoms with Gasteiger partial charge >= 0.3 is 0 Å². The molecule has 0 saturated carbocycles. The Morgan fingerprint density at radius 1 is 1.38 bits per heavy atom. The second-order valence-electron chi connectivity index (χ2n) is 5.79. The topological polar surface area (TPSA) is 56.8 Å². The Morgan fingerprint density at radius 3 is 2.57 bits per heavy atom. The Bertz CT molecular complexity index is 367. The summed E-state index contributed by atoms with van der Waals surface area (Å²) in [7, 11) is 0. The first-order valence-corrected chi connectivity index (χ1v) is 7.70. The number of rotatable bonds is 7. The van der Waals surface area contributed by atoms with E-state index in [1.54, 1.807) is 0 Å². The van der Waals surface area contributed by atoms with Gasteiger partial charge in [0.15, 0.2) is 6.29 Å². The van der Waals surface area contributed by atoms with E-state index in [0.717, 1.165) is 6.42 Å². The van der Waals surface area contributed by atoms with Gasteiger partial charge in [0.1, 0.15) is 0 Å². The zero-order valence-electron chi connectivity index (χ0n) is 14.0. The summed E-state index contributed by atoms with van der Waals surface area (Å²) in [5, 5.41) is 2.97. The highest BCUT2D eigenvalue weighted by molar-refractivity contribution is 5.73. The molecule has 1 unspecified atom stereocenters. The molecule has 21 heavy (non-hydrogen) atoms. The van der Waals surface area contributed by atoms with E-state index in [1.807, 2.05) is 27.7 Å². The van der Waals surface area contributed by atoms with Gasteiger partial charge < -0.3 is 19.5 Å². The van der Waals surface area contributed by atoms with E-state index in [2.05, 4.69) is 18.3 Å². The highest BCUT2D eigenvalue weighted by Crippen LogP contribution is 2.25. The summed E-state index contributed by atoms with van der Waals surface area (Å²) in [6, 6.07) is -0.198. The van der Waals surface area contributed by atoms with Crippen molar-refractivity contribution in [2.45, 2.75) is 78.6 Å². The number of hydrogen-bond acceptors (Lipinski definition) is 4. The van der Waals surface area contributed by atoms with Gasteiger partial charge in [-0.25, -0.2) is 0 Å². The summed E-state index contributed by atoms with van der Waals surface area (Å²) in [4.78, 5) is 11.5. The summed E-state index contributed by atoms with van der Waals surface area (Å²) in [6.45, 7) is 12.0. The SMILES string of the molecule is CCOC(C)O[C@@H]1CC(C)=C[C@@H](OC(C)C)[C@@H]1NC(C)=O. The van der Waals surface area contributed by atoms with E-state index in [1.165, 1.54) is 12.5 Å². The summed E-state index contributed by atoms with van der Waals surface area (Å²) < 4.78 is 17.4. The monoisotopic (exact) mass is 299 g/mol. The minimum atomic E-state index is -0.304. The number of ether oxygens (including phenoxy) is 3. The lowest BCUT2D eigenvalue weighted by atomic mass is 9.90. The maximum Gasteiger partial charge on any atom is 0.217 e. The molecule has 5 heteroatoms. The first-order valence-electron chi connectivity index (χ1n) is 7.70. The van der Waals surface area contributed by atoms with Crippen LogP contribution in [0.4, 0.5) is 0 Å². The Labute approximate surface area is 128 Å². The molecule has 0 radical (unpaired) electrons. The maximum absolute atomic E-state index is 11.5. The predicted octanol–water partition coefficient (Wildman–Crippen LogP) is 2.40. The normalized spacial score (nSPS) is 27.4. The summed E-state index contributed by atoms with van der Waals surface area (Å²) in [6.07, 6.45) is 2.29. The van der Waals surface area contributed by atoms with Crippen LogP contribution in [0.2, 0.25) is 0 Å². The number of nitrogens with one attached hydrogen (secondary N) is 1. The largest absolute Gasteiger partial charge is 0.369 e. The van der Waals surface area contributed by atoms with Crippen molar-refractivity contribution in [3.63, 3.8) is 0 Å². The predicted molar refractivity (Wildman–Crippen MR) is 81.9 cm³/mol. The van der Waals surface area contributed by atoms with E-state index in [9.17, 15) is 4.79 Å². The van der Waals surface area contributed by atoms with Crippen molar-refractivity contribution in [1.29, 1.82) is 0 Å². The minimum Gasteiger partial charge on any atom is -0.369 e. The third-order valence-electron chi connectivity index (χ3n) is 3.29. The smallest absolute Gasteiger partial charge is 0.217 e. The quantitative estimate of drug-likeness (QED) is 0.579. The van der Waals surface area contributed by atoms with E-state index in [-0.39, 0.29) is 36.6 Å². The highest BCUT2D eigenvalue weighted by atomic mass is 16.7. The van der Waals surface area contributed by atoms with E-state index in [4.69, 9.17) is 14.2 Å². The number of carbonyl (C=O) groups is 1. The molecule has 1 N–H and O–H groups in total. The second kappa shape index (κ2) is 8.51. The number of amides is 1. The van der Waals surface area contributed by atoms with Crippen LogP contribution in [0.15, 0.2) is 11.6 Å². The van der Waals surface area contributed by atoms with Gasteiger partial charge in [-0.2, -0.15) is 0 Å². The molecule has 0 aliphatic heterocycles. The van der Waals surface area contributed by atoms with Crippen LogP contribution in [0.5, 0.6) is 0 Å². The van der Waals surface area contributed by atoms with E-state index >= 15 is 0 Å². The van der Waals surface area contributed by atoms with Crippen molar-refractivity contribution < 1.29 is 19.0 Å². The average Bonchev–Trinajstić information content (AvgIpc) is 2.32. The van der Waals surface area contributed by atoms with Crippen LogP contribution in [0, 0.1) is 0 Å². The molecule has 4 atom stereocenters. The van der Waals surface area contributed by atoms with Crippen molar-refractivity contribution in [2.75, 3.05) is 6.61 Å². The van der Waals surface area contributed by atoms with Gasteiger partial charge in [-0.1, -0.05) is 11.6 Å². The van der Waals surface area contributed by atoms with E-state index < -0.39 is 0 Å². The standard InChI is InChI=1S/C16H29NO4/c1-7-19-13(6)21-15-9-11(4)8-14(20-10(2)3)16(15)17-12(5)18/h8,10,13-16H,7,9H2,1-6H3,(H,17,18)/t13?,14-,15-,16+/m1/s1. The molecule has 0 aromatic heterocycles. The zero-order chi connectivity index (χ0) is 16.0. The van der Waals surface area contributed by atoms with Crippen LogP contribution < -0.4 is 5.32 Å². The highest BCUT2D eigenvalue weighted by Gasteiger charge is 2.36. The molecule has 0 spiro atoms. The molecule has 0 aromatic carbocycles. The molecule has 1 amide bonds. The molecule has 0 heterocycles. The first-order chi connectivity index (χ1) is 9.83. The van der Waals surface area contributed by atoms with Gasteiger partial charge in [0.05, 0.1) is 24.4 Å². The molecule has 0 aromatic rings. The fourth-order valence-electron chi connectivity index (χ4n) is 2.61. The average molecular weight is 299 g/mol. The summed E-state index contributed by atoms with van der Waals surface area (Å²) >= 11 is 0. The third-order valence-corrected chi connectivity index (χ3v) is 3.29. The van der Waals surface area contributed by atoms with Crippen molar-refractivity contribution in [1.82, 2.24) is 5.32 Å². The van der Waals surface area contributed by atoms with Crippen LogP contribution in [-0.2, 0) is 19.0 Å². The van der Waals surface area contributed by atoms with Gasteiger partial charge in [-0.3, -0.25) is 4.79 Å². The zero-order valence-corrected chi connectivity index (χ0v) is 14.0. The summed E-state index contributed by atoms with van der Waals surface area (Å²) in [5.74, 6) is -0.0806. The fourth-order valence-corrected chi connectivity index (χ4v) is 2.61. The molecule has 1 aliphatic carbocycles. The van der Waals surface area contributed by atoms with Gasteiger partial charge in [-0.05, 0) is 41.0 Å². The Balaban J connectivity index is 2.86. The summed E-state index contributed by atoms with van der Waals surface area (Å²) in [5.41, 5.74) is 1.20. The van der Waals surface area contributed by atoms with Crippen LogP contribution >= 0.6 is 0 Å². The molecular formula is C16H29NO4. The lowest BCUT2D eigenvalue weighted by molar-refractivity contribution is -0.176. The van der Waals surface area contributed by atoms with Gasteiger partial charge in [0.25, 0.3) is 0 Å². The van der Waals surface area contributed by atoms with Crippen molar-refractivity contribution >= 4 is 5.91 Å². The van der Waals surface area contributed by atoms with Gasteiger partial charge in [-0.15, -0.1) is 0 Å². The molecule has 122 valence electrons. The first kappa shape index (κ1) is 18.1. The van der Waals surface area contributed by atoms with Gasteiger partial charge in [0.2, 0.25) is 5.91 Å². The molecule has 0 fully saturated rings. The van der Waals surface area contributed by atoms with Crippen molar-refractivity contribution in [3.8, 4) is 0 Å². The molecule has 1 rings (SSSR count). The van der Waals surface area contributed by atoms with Crippen LogP contribution in [0.1, 0.15) is 48.0 Å². The van der Waals surface area contributed by atoms with Gasteiger partial charge in [0, 0.05) is 13.5 Å². The maximum atomic E-state index is 11.5. The number of hydrogen-bond donors (Lipinski definition) is 1. The van der Waals surface area contributed by atoms with E-state index in [0.29, 0.717) is 6.61 Å². The van der Waals surface area contributed by atoms with Crippen molar-refractivity contribution in [3.05, 3.63) is 11.6 Å². The molecule has 1 aliphatic rings. The lowest BCUT2D eigenvalue weighted by Crippen LogP contribution is -2.54. The Morgan fingerprint density at radius 2 is 2.05 bits per heavy atom. The van der Waals surface area contributed by atoms with Crippen LogP contribution in [0.3, 0.4) is 0 Å². The Hall–Kier alpha value is -0.910. The van der Waals surface area contributed by atoms with Crippen LogP contribution in [0.25, 0.3) is 0 Å². The van der Waals surface area contributed by atoms with Crippen molar-refractivity contribution in [2.24, 2.45) is 0 Å². The second-order valence-corrected chi connectivity index (χ2v) is 5.79. The molecule has 0 bridgehead atoms. The fraction of sp³-hybridized carbons (Fsp3) is 0.812.